The standard InChI is InChI=1S/C17H21NO7S/c1-4-8-18(10-15(19)20)26(22,23)12-6-7-14-13(9-12)11(3)16(25-14)17(21)24-5-2/h6-7,9H,4-5,8,10H2,1-3H3,(H,19,20). The predicted octanol–water partition coefficient (Wildman–Crippen LogP) is 2.40. The highest BCUT2D eigenvalue weighted by Crippen LogP contribution is 2.29. The smallest absolute Gasteiger partial charge is 0.374 e. The van der Waals surface area contributed by atoms with Crippen molar-refractivity contribution in [2.75, 3.05) is 19.7 Å². The molecule has 0 bridgehead atoms. The van der Waals surface area contributed by atoms with Crippen molar-refractivity contribution >= 4 is 32.9 Å². The largest absolute Gasteiger partial charge is 0.480 e. The van der Waals surface area contributed by atoms with Crippen LogP contribution in [0.1, 0.15) is 36.4 Å². The Morgan fingerprint density at radius 3 is 2.54 bits per heavy atom. The maximum Gasteiger partial charge on any atom is 0.374 e. The Morgan fingerprint density at radius 1 is 1.27 bits per heavy atom. The molecular formula is C17H21NO7S. The monoisotopic (exact) mass is 383 g/mol. The molecule has 26 heavy (non-hydrogen) atoms. The number of aryl methyl sites for hydroxylation is 1. The first-order valence-corrected chi connectivity index (χ1v) is 9.58. The number of rotatable bonds is 8. The van der Waals surface area contributed by atoms with Crippen molar-refractivity contribution in [1.82, 2.24) is 4.31 Å². The first kappa shape index (κ1) is 19.9. The molecule has 1 heterocycles. The molecule has 1 N–H and O–H groups in total. The molecule has 2 rings (SSSR count). The van der Waals surface area contributed by atoms with E-state index in [1.807, 2.05) is 0 Å². The van der Waals surface area contributed by atoms with Crippen LogP contribution in [-0.2, 0) is 19.6 Å². The summed E-state index contributed by atoms with van der Waals surface area (Å²) in [5.41, 5.74) is 0.820. The van der Waals surface area contributed by atoms with Gasteiger partial charge >= 0.3 is 11.9 Å². The number of furan rings is 1. The van der Waals surface area contributed by atoms with Gasteiger partial charge in [-0.05, 0) is 38.5 Å². The second-order valence-electron chi connectivity index (χ2n) is 5.67. The molecule has 9 heteroatoms. The van der Waals surface area contributed by atoms with E-state index in [9.17, 15) is 18.0 Å². The van der Waals surface area contributed by atoms with Gasteiger partial charge in [0.25, 0.3) is 0 Å². The highest BCUT2D eigenvalue weighted by molar-refractivity contribution is 7.89. The van der Waals surface area contributed by atoms with Gasteiger partial charge in [-0.2, -0.15) is 4.31 Å². The topological polar surface area (TPSA) is 114 Å². The molecule has 0 saturated heterocycles. The van der Waals surface area contributed by atoms with Crippen LogP contribution in [0.5, 0.6) is 0 Å². The van der Waals surface area contributed by atoms with Crippen molar-refractivity contribution in [3.05, 3.63) is 29.5 Å². The third kappa shape index (κ3) is 3.88. The number of aliphatic carboxylic acids is 1. The molecule has 0 amide bonds. The van der Waals surface area contributed by atoms with E-state index in [1.54, 1.807) is 20.8 Å². The van der Waals surface area contributed by atoms with E-state index < -0.39 is 28.5 Å². The molecule has 0 spiro atoms. The fraction of sp³-hybridized carbons (Fsp3) is 0.412. The van der Waals surface area contributed by atoms with Crippen molar-refractivity contribution < 1.29 is 32.3 Å². The number of carbonyl (C=O) groups is 2. The number of carboxylic acids is 1. The van der Waals surface area contributed by atoms with Gasteiger partial charge < -0.3 is 14.3 Å². The molecule has 1 aromatic heterocycles. The summed E-state index contributed by atoms with van der Waals surface area (Å²) < 4.78 is 36.9. The lowest BCUT2D eigenvalue weighted by atomic mass is 10.1. The Morgan fingerprint density at radius 2 is 1.96 bits per heavy atom. The predicted molar refractivity (Wildman–Crippen MR) is 93.6 cm³/mol. The Balaban J connectivity index is 2.51. The number of ether oxygens (including phenoxy) is 1. The summed E-state index contributed by atoms with van der Waals surface area (Å²) in [6, 6.07) is 4.17. The summed E-state index contributed by atoms with van der Waals surface area (Å²) in [6.45, 7) is 4.73. The van der Waals surface area contributed by atoms with E-state index in [4.69, 9.17) is 14.3 Å². The minimum atomic E-state index is -3.99. The van der Waals surface area contributed by atoms with E-state index in [0.29, 0.717) is 23.0 Å². The zero-order chi connectivity index (χ0) is 19.5. The molecular weight excluding hydrogens is 362 g/mol. The zero-order valence-electron chi connectivity index (χ0n) is 14.8. The van der Waals surface area contributed by atoms with Crippen LogP contribution in [0.4, 0.5) is 0 Å². The number of benzene rings is 1. The minimum Gasteiger partial charge on any atom is -0.480 e. The normalized spacial score (nSPS) is 11.8. The lowest BCUT2D eigenvalue weighted by Gasteiger charge is -2.19. The summed E-state index contributed by atoms with van der Waals surface area (Å²) in [4.78, 5) is 22.9. The quantitative estimate of drug-likeness (QED) is 0.696. The van der Waals surface area contributed by atoms with Gasteiger partial charge in [-0.25, -0.2) is 13.2 Å². The van der Waals surface area contributed by atoms with Crippen molar-refractivity contribution in [1.29, 1.82) is 0 Å². The second-order valence-corrected chi connectivity index (χ2v) is 7.60. The highest BCUT2D eigenvalue weighted by atomic mass is 32.2. The van der Waals surface area contributed by atoms with Crippen LogP contribution in [0, 0.1) is 6.92 Å². The molecule has 0 saturated carbocycles. The number of sulfonamides is 1. The molecule has 0 aliphatic heterocycles. The first-order chi connectivity index (χ1) is 12.2. The summed E-state index contributed by atoms with van der Waals surface area (Å²) in [6.07, 6.45) is 0.479. The van der Waals surface area contributed by atoms with Crippen LogP contribution in [0.2, 0.25) is 0 Å². The highest BCUT2D eigenvalue weighted by Gasteiger charge is 2.27. The molecule has 0 fully saturated rings. The zero-order valence-corrected chi connectivity index (χ0v) is 15.6. The number of esters is 1. The SMILES string of the molecule is CCCN(CC(=O)O)S(=O)(=O)c1ccc2oc(C(=O)OCC)c(C)c2c1. The first-order valence-electron chi connectivity index (χ1n) is 8.14. The van der Waals surface area contributed by atoms with Crippen molar-refractivity contribution in [2.24, 2.45) is 0 Å². The van der Waals surface area contributed by atoms with Crippen LogP contribution >= 0.6 is 0 Å². The summed E-state index contributed by atoms with van der Waals surface area (Å²) >= 11 is 0. The molecule has 0 radical (unpaired) electrons. The van der Waals surface area contributed by atoms with Gasteiger partial charge in [0.05, 0.1) is 11.5 Å². The Kier molecular flexibility index (Phi) is 6.04. The van der Waals surface area contributed by atoms with Crippen molar-refractivity contribution in [3.63, 3.8) is 0 Å². The Hall–Kier alpha value is -2.39. The average molecular weight is 383 g/mol. The Labute approximate surface area is 151 Å². The van der Waals surface area contributed by atoms with Crippen LogP contribution in [0.25, 0.3) is 11.0 Å². The van der Waals surface area contributed by atoms with E-state index >= 15 is 0 Å². The molecule has 1 aromatic carbocycles. The fourth-order valence-electron chi connectivity index (χ4n) is 2.59. The van der Waals surface area contributed by atoms with E-state index in [0.717, 1.165) is 4.31 Å². The van der Waals surface area contributed by atoms with Crippen LogP contribution in [0.15, 0.2) is 27.5 Å². The molecule has 0 aliphatic rings. The lowest BCUT2D eigenvalue weighted by Crippen LogP contribution is -2.36. The lowest BCUT2D eigenvalue weighted by molar-refractivity contribution is -0.137. The molecule has 8 nitrogen and oxygen atoms in total. The number of carboxylic acid groups (broad SMARTS) is 1. The molecule has 2 aromatic rings. The average Bonchev–Trinajstić information content (AvgIpc) is 2.91. The van der Waals surface area contributed by atoms with Crippen molar-refractivity contribution in [3.8, 4) is 0 Å². The van der Waals surface area contributed by atoms with Gasteiger partial charge in [0, 0.05) is 17.5 Å². The number of hydrogen-bond donors (Lipinski definition) is 1. The Bertz CT molecular complexity index is 930. The maximum atomic E-state index is 12.8. The minimum absolute atomic E-state index is 0.0207. The van der Waals surface area contributed by atoms with E-state index in [-0.39, 0.29) is 23.8 Å². The maximum absolute atomic E-state index is 12.8. The van der Waals surface area contributed by atoms with Crippen LogP contribution in [0.3, 0.4) is 0 Å². The molecule has 0 aliphatic carbocycles. The fourth-order valence-corrected chi connectivity index (χ4v) is 4.09. The number of fused-ring (bicyclic) bond motifs is 1. The number of carbonyl (C=O) groups excluding carboxylic acids is 1. The van der Waals surface area contributed by atoms with Crippen LogP contribution < -0.4 is 0 Å². The van der Waals surface area contributed by atoms with Crippen molar-refractivity contribution in [2.45, 2.75) is 32.1 Å². The van der Waals surface area contributed by atoms with Gasteiger partial charge in [0.2, 0.25) is 15.8 Å². The van der Waals surface area contributed by atoms with Gasteiger partial charge in [0.15, 0.2) is 0 Å². The summed E-state index contributed by atoms with van der Waals surface area (Å²) in [7, 11) is -3.99. The second kappa shape index (κ2) is 7.88. The number of nitrogens with zero attached hydrogens (tertiary/aromatic N) is 1. The van der Waals surface area contributed by atoms with Crippen LogP contribution in [-0.4, -0.2) is 49.5 Å². The molecule has 0 unspecified atom stereocenters. The van der Waals surface area contributed by atoms with E-state index in [2.05, 4.69) is 0 Å². The summed E-state index contributed by atoms with van der Waals surface area (Å²) in [5.74, 6) is -1.83. The van der Waals surface area contributed by atoms with Gasteiger partial charge in [-0.15, -0.1) is 0 Å². The van der Waals surface area contributed by atoms with Gasteiger partial charge in [0.1, 0.15) is 12.1 Å². The summed E-state index contributed by atoms with van der Waals surface area (Å²) in [5, 5.41) is 9.44. The van der Waals surface area contributed by atoms with Gasteiger partial charge in [-0.3, -0.25) is 4.79 Å². The number of hydrogen-bond acceptors (Lipinski definition) is 6. The van der Waals surface area contributed by atoms with Gasteiger partial charge in [-0.1, -0.05) is 6.92 Å². The third-order valence-electron chi connectivity index (χ3n) is 3.79. The third-order valence-corrected chi connectivity index (χ3v) is 5.63. The van der Waals surface area contributed by atoms with E-state index in [1.165, 1.54) is 18.2 Å². The molecule has 0 atom stereocenters. The molecule has 142 valence electrons.